The molecule has 0 aliphatic carbocycles. The van der Waals surface area contributed by atoms with Gasteiger partial charge in [-0.25, -0.2) is 0 Å². The third-order valence-electron chi connectivity index (χ3n) is 3.46. The Balaban J connectivity index is 2.45. The first-order chi connectivity index (χ1) is 7.06. The van der Waals surface area contributed by atoms with Crippen LogP contribution in [0.25, 0.3) is 0 Å². The Kier molecular flexibility index (Phi) is 4.58. The van der Waals surface area contributed by atoms with Crippen LogP contribution in [0.15, 0.2) is 0 Å². The van der Waals surface area contributed by atoms with E-state index in [0.717, 1.165) is 32.4 Å². The van der Waals surface area contributed by atoms with Crippen molar-refractivity contribution in [3.63, 3.8) is 0 Å². The lowest BCUT2D eigenvalue weighted by atomic mass is 10.1. The van der Waals surface area contributed by atoms with Crippen molar-refractivity contribution in [1.82, 2.24) is 9.80 Å². The normalized spacial score (nSPS) is 24.1. The highest BCUT2D eigenvalue weighted by atomic mass is 16.2. The third kappa shape index (κ3) is 3.20. The summed E-state index contributed by atoms with van der Waals surface area (Å²) >= 11 is 0. The lowest BCUT2D eigenvalue weighted by Gasteiger charge is -2.27. The molecule has 0 aromatic rings. The Hall–Kier alpha value is -0.570. The van der Waals surface area contributed by atoms with E-state index in [9.17, 15) is 4.79 Å². The standard InChI is InChI=1S/C12H24N2O/c1-5-10(2)9-14(4)12(15)11-7-6-8-13(11)3/h10-11H,5-9H2,1-4H3/t10?,11-/m0/s1. The van der Waals surface area contributed by atoms with Gasteiger partial charge in [-0.15, -0.1) is 0 Å². The van der Waals surface area contributed by atoms with Crippen molar-refractivity contribution in [3.05, 3.63) is 0 Å². The van der Waals surface area contributed by atoms with E-state index >= 15 is 0 Å². The highest BCUT2D eigenvalue weighted by Gasteiger charge is 2.29. The van der Waals surface area contributed by atoms with E-state index in [1.165, 1.54) is 0 Å². The first-order valence-electron chi connectivity index (χ1n) is 6.01. The average molecular weight is 212 g/mol. The fourth-order valence-electron chi connectivity index (χ4n) is 2.16. The average Bonchev–Trinajstić information content (AvgIpc) is 2.63. The number of hydrogen-bond acceptors (Lipinski definition) is 2. The van der Waals surface area contributed by atoms with E-state index in [4.69, 9.17) is 0 Å². The smallest absolute Gasteiger partial charge is 0.239 e. The van der Waals surface area contributed by atoms with Crippen LogP contribution in [0.2, 0.25) is 0 Å². The largest absolute Gasteiger partial charge is 0.344 e. The summed E-state index contributed by atoms with van der Waals surface area (Å²) in [4.78, 5) is 16.2. The van der Waals surface area contributed by atoms with Gasteiger partial charge in [0, 0.05) is 13.6 Å². The molecule has 0 aromatic carbocycles. The minimum Gasteiger partial charge on any atom is -0.344 e. The molecule has 3 nitrogen and oxygen atoms in total. The SMILES string of the molecule is CCC(C)CN(C)C(=O)[C@@H]1CCCN1C. The number of likely N-dealkylation sites (tertiary alicyclic amines) is 1. The highest BCUT2D eigenvalue weighted by Crippen LogP contribution is 2.17. The second kappa shape index (κ2) is 5.50. The number of rotatable bonds is 4. The van der Waals surface area contributed by atoms with Gasteiger partial charge in [0.1, 0.15) is 0 Å². The summed E-state index contributed by atoms with van der Waals surface area (Å²) in [6.45, 7) is 6.32. The minimum absolute atomic E-state index is 0.138. The molecule has 0 bridgehead atoms. The lowest BCUT2D eigenvalue weighted by molar-refractivity contribution is -0.134. The van der Waals surface area contributed by atoms with Gasteiger partial charge in [0.25, 0.3) is 0 Å². The van der Waals surface area contributed by atoms with Crippen LogP contribution in [-0.4, -0.2) is 48.9 Å². The molecule has 0 aromatic heterocycles. The van der Waals surface area contributed by atoms with Crippen LogP contribution < -0.4 is 0 Å². The second-order valence-electron chi connectivity index (χ2n) is 4.87. The zero-order valence-electron chi connectivity index (χ0n) is 10.5. The maximum absolute atomic E-state index is 12.1. The summed E-state index contributed by atoms with van der Waals surface area (Å²) in [7, 11) is 3.98. The zero-order chi connectivity index (χ0) is 11.4. The highest BCUT2D eigenvalue weighted by molar-refractivity contribution is 5.81. The molecule has 1 saturated heterocycles. The maximum Gasteiger partial charge on any atom is 0.239 e. The molecule has 1 rings (SSSR count). The molecule has 2 atom stereocenters. The fourth-order valence-corrected chi connectivity index (χ4v) is 2.16. The topological polar surface area (TPSA) is 23.6 Å². The molecule has 1 aliphatic rings. The molecule has 0 radical (unpaired) electrons. The predicted octanol–water partition coefficient (Wildman–Crippen LogP) is 1.59. The van der Waals surface area contributed by atoms with Crippen molar-refractivity contribution in [2.24, 2.45) is 5.92 Å². The van der Waals surface area contributed by atoms with Crippen molar-refractivity contribution < 1.29 is 4.79 Å². The molecular weight excluding hydrogens is 188 g/mol. The molecule has 0 spiro atoms. The number of amides is 1. The van der Waals surface area contributed by atoms with Gasteiger partial charge in [0.15, 0.2) is 0 Å². The number of hydrogen-bond donors (Lipinski definition) is 0. The molecule has 0 N–H and O–H groups in total. The van der Waals surface area contributed by atoms with Crippen molar-refractivity contribution in [3.8, 4) is 0 Å². The van der Waals surface area contributed by atoms with Gasteiger partial charge in [-0.3, -0.25) is 9.69 Å². The van der Waals surface area contributed by atoms with Crippen LogP contribution in [0.1, 0.15) is 33.1 Å². The Labute approximate surface area is 93.4 Å². The Morgan fingerprint density at radius 2 is 2.27 bits per heavy atom. The van der Waals surface area contributed by atoms with Crippen molar-refractivity contribution in [1.29, 1.82) is 0 Å². The van der Waals surface area contributed by atoms with Crippen LogP contribution >= 0.6 is 0 Å². The molecule has 1 aliphatic heterocycles. The van der Waals surface area contributed by atoms with Crippen LogP contribution in [0.3, 0.4) is 0 Å². The summed E-state index contributed by atoms with van der Waals surface area (Å²) < 4.78 is 0. The van der Waals surface area contributed by atoms with Crippen LogP contribution in [0.4, 0.5) is 0 Å². The lowest BCUT2D eigenvalue weighted by Crippen LogP contribution is -2.43. The van der Waals surface area contributed by atoms with E-state index in [1.807, 2.05) is 19.0 Å². The molecule has 88 valence electrons. The van der Waals surface area contributed by atoms with Gasteiger partial charge in [-0.05, 0) is 32.4 Å². The molecule has 1 heterocycles. The molecule has 0 saturated carbocycles. The van der Waals surface area contributed by atoms with E-state index in [1.54, 1.807) is 0 Å². The molecule has 1 fully saturated rings. The minimum atomic E-state index is 0.138. The fraction of sp³-hybridized carbons (Fsp3) is 0.917. The monoisotopic (exact) mass is 212 g/mol. The summed E-state index contributed by atoms with van der Waals surface area (Å²) in [5.41, 5.74) is 0. The van der Waals surface area contributed by atoms with Gasteiger partial charge in [-0.2, -0.15) is 0 Å². The zero-order valence-corrected chi connectivity index (χ0v) is 10.5. The maximum atomic E-state index is 12.1. The van der Waals surface area contributed by atoms with Gasteiger partial charge >= 0.3 is 0 Å². The first kappa shape index (κ1) is 12.5. The van der Waals surface area contributed by atoms with Crippen LogP contribution in [0.5, 0.6) is 0 Å². The number of nitrogens with zero attached hydrogens (tertiary/aromatic N) is 2. The molecule has 1 amide bonds. The van der Waals surface area contributed by atoms with Crippen molar-refractivity contribution in [2.45, 2.75) is 39.2 Å². The van der Waals surface area contributed by atoms with Gasteiger partial charge < -0.3 is 4.90 Å². The number of carbonyl (C=O) groups excluding carboxylic acids is 1. The van der Waals surface area contributed by atoms with Gasteiger partial charge in [0.2, 0.25) is 5.91 Å². The van der Waals surface area contributed by atoms with Crippen LogP contribution in [0, 0.1) is 5.92 Å². The number of likely N-dealkylation sites (N-methyl/N-ethyl adjacent to an activating group) is 2. The van der Waals surface area contributed by atoms with Gasteiger partial charge in [0.05, 0.1) is 6.04 Å². The van der Waals surface area contributed by atoms with E-state index in [-0.39, 0.29) is 6.04 Å². The van der Waals surface area contributed by atoms with Crippen molar-refractivity contribution in [2.75, 3.05) is 27.2 Å². The van der Waals surface area contributed by atoms with Crippen molar-refractivity contribution >= 4 is 5.91 Å². The number of carbonyl (C=O) groups is 1. The summed E-state index contributed by atoms with van der Waals surface area (Å²) in [5, 5.41) is 0. The summed E-state index contributed by atoms with van der Waals surface area (Å²) in [6.07, 6.45) is 3.32. The van der Waals surface area contributed by atoms with E-state index in [0.29, 0.717) is 11.8 Å². The summed E-state index contributed by atoms with van der Waals surface area (Å²) in [5.74, 6) is 0.904. The van der Waals surface area contributed by atoms with Gasteiger partial charge in [-0.1, -0.05) is 20.3 Å². The molecular formula is C12H24N2O. The van der Waals surface area contributed by atoms with Crippen LogP contribution in [-0.2, 0) is 4.79 Å². The molecule has 3 heteroatoms. The Bertz CT molecular complexity index is 218. The third-order valence-corrected chi connectivity index (χ3v) is 3.46. The first-order valence-corrected chi connectivity index (χ1v) is 6.01. The Morgan fingerprint density at radius 3 is 2.73 bits per heavy atom. The van der Waals surface area contributed by atoms with E-state index in [2.05, 4.69) is 18.7 Å². The predicted molar refractivity (Wildman–Crippen MR) is 62.7 cm³/mol. The quantitative estimate of drug-likeness (QED) is 0.706. The molecule has 1 unspecified atom stereocenters. The van der Waals surface area contributed by atoms with E-state index < -0.39 is 0 Å². The second-order valence-corrected chi connectivity index (χ2v) is 4.87. The molecule has 15 heavy (non-hydrogen) atoms. The Morgan fingerprint density at radius 1 is 1.60 bits per heavy atom. The summed E-state index contributed by atoms with van der Waals surface area (Å²) in [6, 6.07) is 0.138.